The first-order valence-corrected chi connectivity index (χ1v) is 11.5. The summed E-state index contributed by atoms with van der Waals surface area (Å²) in [6.07, 6.45) is -2.10. The summed E-state index contributed by atoms with van der Waals surface area (Å²) in [4.78, 5) is 16.0. The number of nitrogens with two attached hydrogens (primary N) is 1. The second kappa shape index (κ2) is 10.5. The first-order valence-electron chi connectivity index (χ1n) is 10.7. The van der Waals surface area contributed by atoms with E-state index in [0.717, 1.165) is 0 Å². The minimum absolute atomic E-state index is 0.0167. The van der Waals surface area contributed by atoms with Crippen LogP contribution in [0, 0.1) is 0 Å². The Hall–Kier alpha value is -4.78. The van der Waals surface area contributed by atoms with Crippen molar-refractivity contribution in [2.24, 2.45) is 0 Å². The molecule has 1 aromatic heterocycles. The summed E-state index contributed by atoms with van der Waals surface area (Å²) in [6.45, 7) is -0.513. The van der Waals surface area contributed by atoms with Crippen molar-refractivity contribution in [1.29, 1.82) is 0 Å². The summed E-state index contributed by atoms with van der Waals surface area (Å²) in [5.74, 6) is -14.0. The fraction of sp³-hybridized carbons (Fsp3) is 0.238. The maximum atomic E-state index is 12.3. The van der Waals surface area contributed by atoms with Crippen LogP contribution >= 0.6 is 11.3 Å². The predicted molar refractivity (Wildman–Crippen MR) is 131 cm³/mol. The number of amides is 1. The van der Waals surface area contributed by atoms with E-state index in [1.165, 1.54) is 0 Å². The monoisotopic (exact) mass is 572 g/mol. The van der Waals surface area contributed by atoms with Gasteiger partial charge in [-0.3, -0.25) is 10.1 Å². The summed E-state index contributed by atoms with van der Waals surface area (Å²) < 4.78 is 0. The van der Waals surface area contributed by atoms with E-state index in [9.17, 15) is 66.1 Å². The zero-order valence-corrected chi connectivity index (χ0v) is 20.4. The molecule has 0 aliphatic carbocycles. The zero-order chi connectivity index (χ0) is 29.4. The van der Waals surface area contributed by atoms with Crippen molar-refractivity contribution in [3.8, 4) is 56.8 Å². The quantitative estimate of drug-likeness (QED) is 0.0828. The minimum atomic E-state index is -2.96. The van der Waals surface area contributed by atoms with Crippen LogP contribution in [0.2, 0.25) is 0 Å². The number of aliphatic hydroxyl groups is 2. The van der Waals surface area contributed by atoms with Crippen LogP contribution in [0.25, 0.3) is 0 Å². The number of phenols is 9. The first kappa shape index (κ1) is 28.8. The highest BCUT2D eigenvalue weighted by Gasteiger charge is 2.32. The Morgan fingerprint density at radius 1 is 0.769 bits per heavy atom. The van der Waals surface area contributed by atoms with E-state index in [2.05, 4.69) is 15.6 Å². The second-order valence-electron chi connectivity index (χ2n) is 8.17. The number of carbonyl (C=O) groups excluding carboxylic acids is 1. The highest BCUT2D eigenvalue weighted by molar-refractivity contribution is 7.17. The highest BCUT2D eigenvalue weighted by Crippen LogP contribution is 2.52. The molecule has 0 unspecified atom stereocenters. The molecule has 1 heterocycles. The van der Waals surface area contributed by atoms with Crippen molar-refractivity contribution >= 4 is 28.1 Å². The average molecular weight is 573 g/mol. The molecule has 17 nitrogen and oxygen atoms in total. The van der Waals surface area contributed by atoms with Gasteiger partial charge in [0, 0.05) is 18.5 Å². The molecule has 2 aromatic carbocycles. The molecule has 0 spiro atoms. The maximum Gasteiger partial charge on any atom is 0.230 e. The van der Waals surface area contributed by atoms with Crippen LogP contribution in [-0.4, -0.2) is 84.6 Å². The molecule has 0 bridgehead atoms. The fourth-order valence-electron chi connectivity index (χ4n) is 3.51. The molecule has 0 atom stereocenters. The van der Waals surface area contributed by atoms with Crippen molar-refractivity contribution in [2.45, 2.75) is 25.2 Å². The number of rotatable bonds is 9. The molecule has 0 aliphatic rings. The number of nitrogens with one attached hydrogen (secondary N) is 2. The van der Waals surface area contributed by atoms with E-state index in [0.29, 0.717) is 11.3 Å². The summed E-state index contributed by atoms with van der Waals surface area (Å²) >= 11 is 0.708. The fourth-order valence-corrected chi connectivity index (χ4v) is 4.10. The van der Waals surface area contributed by atoms with Gasteiger partial charge in [-0.05, 0) is 6.42 Å². The SMILES string of the molecule is Nc1nc(CC(=O)Nc2c(O)c(O)c(CCNC(O)(O)Cc3c(O)c(O)c(O)c(O)c3O)c(O)c2O)c(O)s1. The van der Waals surface area contributed by atoms with Gasteiger partial charge < -0.3 is 72.3 Å². The molecule has 39 heavy (non-hydrogen) atoms. The third-order valence-corrected chi connectivity index (χ3v) is 6.18. The third-order valence-electron chi connectivity index (χ3n) is 5.45. The number of nitrogens with zero attached hydrogens (tertiary/aromatic N) is 1. The largest absolute Gasteiger partial charge is 0.504 e. The number of carbonyl (C=O) groups is 1. The van der Waals surface area contributed by atoms with Crippen LogP contribution in [0.5, 0.6) is 56.8 Å². The summed E-state index contributed by atoms with van der Waals surface area (Å²) in [7, 11) is 0. The van der Waals surface area contributed by atoms with Gasteiger partial charge in [-0.25, -0.2) is 4.98 Å². The normalized spacial score (nSPS) is 11.5. The highest BCUT2D eigenvalue weighted by atomic mass is 32.1. The Kier molecular flexibility index (Phi) is 7.77. The number of anilines is 2. The summed E-state index contributed by atoms with van der Waals surface area (Å²) in [5.41, 5.74) is 3.29. The molecule has 16 N–H and O–H groups in total. The Morgan fingerprint density at radius 2 is 1.26 bits per heavy atom. The predicted octanol–water partition coefficient (Wildman–Crippen LogP) is -1.02. The Morgan fingerprint density at radius 3 is 1.74 bits per heavy atom. The summed E-state index contributed by atoms with van der Waals surface area (Å²) in [6, 6.07) is 0. The number of hydrogen-bond acceptors (Lipinski definition) is 17. The Bertz CT molecular complexity index is 1380. The van der Waals surface area contributed by atoms with Crippen molar-refractivity contribution in [3.05, 3.63) is 16.8 Å². The van der Waals surface area contributed by atoms with Crippen LogP contribution in [-0.2, 0) is 24.1 Å². The average Bonchev–Trinajstić information content (AvgIpc) is 3.18. The van der Waals surface area contributed by atoms with Crippen LogP contribution < -0.4 is 16.4 Å². The summed E-state index contributed by atoms with van der Waals surface area (Å²) in [5, 5.41) is 123. The standard InChI is InChI=1S/C21H24N4O13S/c22-20-24-7(19(36)39-20)3-8(26)25-9-14(31)10(27)5(11(28)15(9)32)1-2-23-21(37,38)4-6-12(29)16(33)18(35)17(34)13(6)30/h23,27-38H,1-4H2,(H2,22,24)(H,25,26). The van der Waals surface area contributed by atoms with E-state index < -0.39 is 106 Å². The topological polar surface area (TPSA) is 323 Å². The molecule has 212 valence electrons. The van der Waals surface area contributed by atoms with Gasteiger partial charge in [-0.2, -0.15) is 0 Å². The van der Waals surface area contributed by atoms with Crippen LogP contribution in [0.3, 0.4) is 0 Å². The lowest BCUT2D eigenvalue weighted by molar-refractivity contribution is -0.183. The van der Waals surface area contributed by atoms with Gasteiger partial charge in [0.1, 0.15) is 11.4 Å². The van der Waals surface area contributed by atoms with E-state index in [-0.39, 0.29) is 15.9 Å². The molecule has 0 aliphatic heterocycles. The number of phenolic OH excluding ortho intramolecular Hbond substituents is 9. The molecule has 0 fully saturated rings. The van der Waals surface area contributed by atoms with Gasteiger partial charge in [0.2, 0.25) is 29.1 Å². The Balaban J connectivity index is 1.73. The number of benzene rings is 2. The number of nitrogen functional groups attached to an aromatic ring is 1. The van der Waals surface area contributed by atoms with Gasteiger partial charge in [0.15, 0.2) is 44.7 Å². The molecular weight excluding hydrogens is 548 g/mol. The smallest absolute Gasteiger partial charge is 0.230 e. The van der Waals surface area contributed by atoms with E-state index in [1.54, 1.807) is 0 Å². The van der Waals surface area contributed by atoms with E-state index >= 15 is 0 Å². The van der Waals surface area contributed by atoms with Crippen molar-refractivity contribution in [1.82, 2.24) is 10.3 Å². The number of thiazole rings is 1. The molecule has 3 rings (SSSR count). The lowest BCUT2D eigenvalue weighted by Crippen LogP contribution is -2.47. The maximum absolute atomic E-state index is 12.3. The molecule has 18 heteroatoms. The molecular formula is C21H24N4O13S. The molecule has 3 aromatic rings. The van der Waals surface area contributed by atoms with Crippen LogP contribution in [0.1, 0.15) is 16.8 Å². The van der Waals surface area contributed by atoms with Gasteiger partial charge in [0.25, 0.3) is 0 Å². The minimum Gasteiger partial charge on any atom is -0.504 e. The van der Waals surface area contributed by atoms with Gasteiger partial charge in [-0.1, -0.05) is 11.3 Å². The lowest BCUT2D eigenvalue weighted by atomic mass is 10.0. The van der Waals surface area contributed by atoms with Crippen molar-refractivity contribution in [2.75, 3.05) is 17.6 Å². The van der Waals surface area contributed by atoms with Crippen LogP contribution in [0.4, 0.5) is 10.8 Å². The number of aromatic nitrogens is 1. The van der Waals surface area contributed by atoms with Crippen molar-refractivity contribution < 1.29 is 66.1 Å². The van der Waals surface area contributed by atoms with Gasteiger partial charge >= 0.3 is 0 Å². The van der Waals surface area contributed by atoms with Gasteiger partial charge in [-0.15, -0.1) is 0 Å². The van der Waals surface area contributed by atoms with Gasteiger partial charge in [0.05, 0.1) is 12.0 Å². The van der Waals surface area contributed by atoms with E-state index in [1.807, 2.05) is 0 Å². The van der Waals surface area contributed by atoms with Crippen molar-refractivity contribution in [3.63, 3.8) is 0 Å². The number of hydrogen-bond donors (Lipinski definition) is 15. The van der Waals surface area contributed by atoms with E-state index in [4.69, 9.17) is 5.73 Å². The lowest BCUT2D eigenvalue weighted by Gasteiger charge is -2.25. The molecule has 1 amide bonds. The first-order chi connectivity index (χ1) is 18.1. The number of aromatic hydroxyl groups is 10. The molecule has 0 saturated heterocycles. The molecule has 0 saturated carbocycles. The van der Waals surface area contributed by atoms with Crippen LogP contribution in [0.15, 0.2) is 0 Å². The third kappa shape index (κ3) is 5.72. The second-order valence-corrected chi connectivity index (χ2v) is 9.18. The zero-order valence-electron chi connectivity index (χ0n) is 19.5. The molecule has 0 radical (unpaired) electrons. The Labute approximate surface area is 221 Å².